The summed E-state index contributed by atoms with van der Waals surface area (Å²) in [5.74, 6) is -3.24. The molecule has 0 aliphatic carbocycles. The summed E-state index contributed by atoms with van der Waals surface area (Å²) in [6.45, 7) is 2.63. The molecule has 1 aromatic heterocycles. The van der Waals surface area contributed by atoms with Crippen molar-refractivity contribution in [1.29, 1.82) is 0 Å². The molecule has 4 aliphatic heterocycles. The number of aliphatic carboxylic acids is 2. The number of fused-ring (bicyclic) bond motifs is 2. The van der Waals surface area contributed by atoms with Crippen LogP contribution in [-0.2, 0) is 19.1 Å². The van der Waals surface area contributed by atoms with E-state index in [1.807, 2.05) is 25.1 Å². The molecule has 9 nitrogen and oxygen atoms in total. The van der Waals surface area contributed by atoms with Crippen LogP contribution in [0.4, 0.5) is 0 Å². The number of carbonyl (C=O) groups is 4. The maximum atomic E-state index is 12.7. The van der Waals surface area contributed by atoms with Crippen LogP contribution in [-0.4, -0.2) is 68.5 Å². The maximum absolute atomic E-state index is 12.7. The quantitative estimate of drug-likeness (QED) is 0.488. The molecule has 4 bridgehead atoms. The van der Waals surface area contributed by atoms with E-state index >= 15 is 0 Å². The van der Waals surface area contributed by atoms with Crippen LogP contribution in [0.3, 0.4) is 0 Å². The van der Waals surface area contributed by atoms with E-state index in [1.165, 1.54) is 0 Å². The summed E-state index contributed by atoms with van der Waals surface area (Å²) in [5, 5.41) is 15.7. The largest absolute Gasteiger partial charge is 0.473 e. The zero-order valence-corrected chi connectivity index (χ0v) is 17.0. The Morgan fingerprint density at radius 1 is 1.06 bits per heavy atom. The van der Waals surface area contributed by atoms with Crippen LogP contribution in [0, 0.1) is 12.8 Å². The van der Waals surface area contributed by atoms with Crippen LogP contribution in [0.25, 0.3) is 10.9 Å². The van der Waals surface area contributed by atoms with Gasteiger partial charge in [0.05, 0.1) is 12.1 Å². The fourth-order valence-corrected chi connectivity index (χ4v) is 5.04. The summed E-state index contributed by atoms with van der Waals surface area (Å²) in [4.78, 5) is 48.3. The Hall–Kier alpha value is -3.20. The number of H-pyrrole nitrogens is 1. The average molecular weight is 428 g/mol. The van der Waals surface area contributed by atoms with Crippen LogP contribution in [0.15, 0.2) is 24.4 Å². The first-order valence-electron chi connectivity index (χ1n) is 10.3. The van der Waals surface area contributed by atoms with Gasteiger partial charge < -0.3 is 19.9 Å². The number of aryl methyl sites for hydroxylation is 1. The molecular weight excluding hydrogens is 404 g/mol. The fraction of sp³-hybridized carbons (Fsp3) is 0.455. The molecule has 4 saturated heterocycles. The number of hydrogen-bond acceptors (Lipinski definition) is 6. The Morgan fingerprint density at radius 2 is 1.71 bits per heavy atom. The van der Waals surface area contributed by atoms with E-state index in [4.69, 9.17) is 24.5 Å². The Balaban J connectivity index is 0.000000342. The lowest BCUT2D eigenvalue weighted by Gasteiger charge is -2.54. The second-order valence-corrected chi connectivity index (χ2v) is 8.48. The van der Waals surface area contributed by atoms with E-state index in [-0.39, 0.29) is 18.0 Å². The summed E-state index contributed by atoms with van der Waals surface area (Å²) < 4.78 is 5.87. The van der Waals surface area contributed by atoms with Crippen molar-refractivity contribution in [2.24, 2.45) is 5.92 Å². The molecule has 2 atom stereocenters. The number of carbonyl (C=O) groups excluding carboxylic acids is 2. The topological polar surface area (TPSA) is 137 Å². The third kappa shape index (κ3) is 4.18. The molecular formula is C22H24N2O7. The van der Waals surface area contributed by atoms with Gasteiger partial charge in [0.2, 0.25) is 0 Å². The molecule has 4 aliphatic rings. The number of esters is 1. The number of Topliss-reactive ketones (excluding diaryl/α,β-unsaturated/α-hetero) is 1. The van der Waals surface area contributed by atoms with Crippen LogP contribution < -0.4 is 0 Å². The summed E-state index contributed by atoms with van der Waals surface area (Å²) in [7, 11) is 0. The van der Waals surface area contributed by atoms with Gasteiger partial charge in [-0.05, 0) is 31.4 Å². The minimum atomic E-state index is -1.82. The predicted molar refractivity (Wildman–Crippen MR) is 109 cm³/mol. The molecule has 0 radical (unpaired) electrons. The molecule has 0 spiro atoms. The molecule has 31 heavy (non-hydrogen) atoms. The summed E-state index contributed by atoms with van der Waals surface area (Å²) >= 11 is 0. The third-order valence-electron chi connectivity index (χ3n) is 6.43. The maximum Gasteiger partial charge on any atom is 0.414 e. The molecule has 6 rings (SSSR count). The number of carboxylic acids is 2. The Morgan fingerprint density at radius 3 is 2.29 bits per heavy atom. The number of ether oxygens (including phenoxy) is 1. The normalized spacial score (nSPS) is 28.5. The Labute approximate surface area is 178 Å². The highest BCUT2D eigenvalue weighted by molar-refractivity contribution is 6.27. The van der Waals surface area contributed by atoms with Crippen molar-refractivity contribution >= 4 is 34.6 Å². The van der Waals surface area contributed by atoms with Gasteiger partial charge in [-0.3, -0.25) is 9.69 Å². The Kier molecular flexibility index (Phi) is 5.53. The number of nitrogens with one attached hydrogen (secondary N) is 1. The number of rotatable bonds is 2. The summed E-state index contributed by atoms with van der Waals surface area (Å²) in [5.41, 5.74) is 2.74. The minimum absolute atomic E-state index is 0.0386. The van der Waals surface area contributed by atoms with Gasteiger partial charge in [-0.2, -0.15) is 0 Å². The number of nitrogens with zero attached hydrogens (tertiary/aromatic N) is 1. The standard InChI is InChI=1S/C20H22N2O3.C2H2O4/c1-11-2-3-16-17(9-21-18(16)4-11)20(24)25-15-7-13-5-12-6-14(8-15)22(13)10-19(12)23;3-1(4)2(5)6/h2-4,9,12-15,21H,5-8,10H2,1H3;(H,3,4)(H,5,6). The second-order valence-electron chi connectivity index (χ2n) is 8.48. The monoisotopic (exact) mass is 428 g/mol. The van der Waals surface area contributed by atoms with Crippen molar-refractivity contribution in [3.05, 3.63) is 35.5 Å². The first kappa shape index (κ1) is 21.0. The molecule has 0 saturated carbocycles. The number of aromatic nitrogens is 1. The van der Waals surface area contributed by atoms with Crippen molar-refractivity contribution in [3.63, 3.8) is 0 Å². The van der Waals surface area contributed by atoms with Crippen molar-refractivity contribution < 1.29 is 34.1 Å². The predicted octanol–water partition coefficient (Wildman–Crippen LogP) is 1.98. The van der Waals surface area contributed by atoms with E-state index in [1.54, 1.807) is 6.20 Å². The zero-order valence-electron chi connectivity index (χ0n) is 17.0. The first-order chi connectivity index (χ1) is 14.7. The van der Waals surface area contributed by atoms with Gasteiger partial charge in [0.15, 0.2) is 0 Å². The Bertz CT molecular complexity index is 1030. The van der Waals surface area contributed by atoms with Crippen molar-refractivity contribution in [3.8, 4) is 0 Å². The molecule has 4 fully saturated rings. The SMILES string of the molecule is Cc1ccc2c(C(=O)OC3CC4CC5CC(C3)N4CC5=O)c[nH]c2c1.O=C(O)C(=O)O. The number of piperidine rings is 4. The number of ketones is 1. The summed E-state index contributed by atoms with van der Waals surface area (Å²) in [6, 6.07) is 6.83. The first-order valence-corrected chi connectivity index (χ1v) is 10.3. The van der Waals surface area contributed by atoms with E-state index in [2.05, 4.69) is 9.88 Å². The van der Waals surface area contributed by atoms with Gasteiger partial charge >= 0.3 is 17.9 Å². The third-order valence-corrected chi connectivity index (χ3v) is 6.43. The minimum Gasteiger partial charge on any atom is -0.473 e. The highest BCUT2D eigenvalue weighted by Crippen LogP contribution is 2.42. The number of hydrogen-bond donors (Lipinski definition) is 3. The van der Waals surface area contributed by atoms with Crippen LogP contribution >= 0.6 is 0 Å². The zero-order chi connectivity index (χ0) is 22.3. The fourth-order valence-electron chi connectivity index (χ4n) is 5.04. The number of benzene rings is 1. The molecule has 5 heterocycles. The lowest BCUT2D eigenvalue weighted by molar-refractivity contribution is -0.159. The van der Waals surface area contributed by atoms with Crippen molar-refractivity contribution in [2.45, 2.75) is 50.8 Å². The van der Waals surface area contributed by atoms with Crippen molar-refractivity contribution in [2.75, 3.05) is 6.54 Å². The smallest absolute Gasteiger partial charge is 0.414 e. The number of carboxylic acid groups (broad SMARTS) is 2. The molecule has 1 aromatic carbocycles. The molecule has 9 heteroatoms. The van der Waals surface area contributed by atoms with Gasteiger partial charge in [-0.25, -0.2) is 14.4 Å². The van der Waals surface area contributed by atoms with Gasteiger partial charge in [-0.1, -0.05) is 12.1 Å². The molecule has 0 amide bonds. The van der Waals surface area contributed by atoms with Gasteiger partial charge in [-0.15, -0.1) is 0 Å². The van der Waals surface area contributed by atoms with Crippen LogP contribution in [0.1, 0.15) is 41.6 Å². The molecule has 164 valence electrons. The lowest BCUT2D eigenvalue weighted by atomic mass is 9.72. The van der Waals surface area contributed by atoms with E-state index in [0.717, 1.165) is 42.1 Å². The van der Waals surface area contributed by atoms with Crippen LogP contribution in [0.5, 0.6) is 0 Å². The lowest BCUT2D eigenvalue weighted by Crippen LogP contribution is -2.63. The molecule has 2 aromatic rings. The van der Waals surface area contributed by atoms with Crippen molar-refractivity contribution in [1.82, 2.24) is 9.88 Å². The van der Waals surface area contributed by atoms with E-state index < -0.39 is 11.9 Å². The highest BCUT2D eigenvalue weighted by atomic mass is 16.5. The molecule has 3 N–H and O–H groups in total. The summed E-state index contributed by atoms with van der Waals surface area (Å²) in [6.07, 6.45) is 5.30. The van der Waals surface area contributed by atoms with Gasteiger partial charge in [0, 0.05) is 47.9 Å². The van der Waals surface area contributed by atoms with Crippen LogP contribution in [0.2, 0.25) is 0 Å². The van der Waals surface area contributed by atoms with Gasteiger partial charge in [0.25, 0.3) is 0 Å². The second kappa shape index (κ2) is 8.14. The average Bonchev–Trinajstić information content (AvgIpc) is 3.11. The van der Waals surface area contributed by atoms with E-state index in [9.17, 15) is 9.59 Å². The highest BCUT2D eigenvalue weighted by Gasteiger charge is 2.49. The van der Waals surface area contributed by atoms with E-state index in [0.29, 0.717) is 30.0 Å². The van der Waals surface area contributed by atoms with Gasteiger partial charge in [0.1, 0.15) is 11.9 Å². The number of aromatic amines is 1. The molecule has 2 unspecified atom stereocenters.